The van der Waals surface area contributed by atoms with Gasteiger partial charge in [0.25, 0.3) is 0 Å². The predicted octanol–water partition coefficient (Wildman–Crippen LogP) is 2.47. The van der Waals surface area contributed by atoms with Crippen LogP contribution in [-0.4, -0.2) is 17.8 Å². The van der Waals surface area contributed by atoms with Gasteiger partial charge in [0, 0.05) is 6.04 Å². The molecule has 1 saturated carbocycles. The Morgan fingerprint density at radius 1 is 1.25 bits per heavy atom. The standard InChI is InChI=1S/C8H14F3N/c1-6(2)12-7(4-3-5-7)8(9,10)11/h6,12H,3-5H2,1-2H3. The molecule has 0 heterocycles. The molecule has 0 amide bonds. The van der Waals surface area contributed by atoms with Crippen LogP contribution in [0.1, 0.15) is 33.1 Å². The Kier molecular flexibility index (Phi) is 2.38. The van der Waals surface area contributed by atoms with E-state index in [2.05, 4.69) is 5.32 Å². The number of hydrogen-bond acceptors (Lipinski definition) is 1. The maximum Gasteiger partial charge on any atom is 0.406 e. The van der Waals surface area contributed by atoms with E-state index in [-0.39, 0.29) is 18.9 Å². The van der Waals surface area contributed by atoms with E-state index >= 15 is 0 Å². The summed E-state index contributed by atoms with van der Waals surface area (Å²) in [5.41, 5.74) is -1.57. The van der Waals surface area contributed by atoms with Gasteiger partial charge in [0.15, 0.2) is 0 Å². The van der Waals surface area contributed by atoms with Gasteiger partial charge in [-0.25, -0.2) is 0 Å². The highest BCUT2D eigenvalue weighted by Gasteiger charge is 2.58. The summed E-state index contributed by atoms with van der Waals surface area (Å²) in [6.07, 6.45) is -2.95. The van der Waals surface area contributed by atoms with Crippen molar-refractivity contribution in [1.29, 1.82) is 0 Å². The van der Waals surface area contributed by atoms with Gasteiger partial charge in [0.2, 0.25) is 0 Å². The van der Waals surface area contributed by atoms with Crippen LogP contribution >= 0.6 is 0 Å². The molecular weight excluding hydrogens is 167 g/mol. The molecule has 0 spiro atoms. The summed E-state index contributed by atoms with van der Waals surface area (Å²) in [7, 11) is 0. The van der Waals surface area contributed by atoms with Crippen LogP contribution in [0.2, 0.25) is 0 Å². The maximum absolute atomic E-state index is 12.5. The van der Waals surface area contributed by atoms with Crippen molar-refractivity contribution < 1.29 is 13.2 Å². The Hall–Kier alpha value is -0.250. The number of alkyl halides is 3. The van der Waals surface area contributed by atoms with E-state index in [0.29, 0.717) is 6.42 Å². The fraction of sp³-hybridized carbons (Fsp3) is 1.00. The van der Waals surface area contributed by atoms with E-state index < -0.39 is 11.7 Å². The maximum atomic E-state index is 12.5. The summed E-state index contributed by atoms with van der Waals surface area (Å²) >= 11 is 0. The van der Waals surface area contributed by atoms with Crippen LogP contribution in [0.5, 0.6) is 0 Å². The van der Waals surface area contributed by atoms with Crippen molar-refractivity contribution in [3.63, 3.8) is 0 Å². The Balaban J connectivity index is 2.63. The first-order valence-electron chi connectivity index (χ1n) is 4.22. The SMILES string of the molecule is CC(C)NC1(C(F)(F)F)CCC1. The van der Waals surface area contributed by atoms with Crippen LogP contribution < -0.4 is 5.32 Å². The van der Waals surface area contributed by atoms with E-state index in [0.717, 1.165) is 0 Å². The van der Waals surface area contributed by atoms with Crippen molar-refractivity contribution in [2.24, 2.45) is 0 Å². The van der Waals surface area contributed by atoms with Crippen molar-refractivity contribution in [1.82, 2.24) is 5.32 Å². The average Bonchev–Trinajstić information content (AvgIpc) is 1.74. The third kappa shape index (κ3) is 1.58. The van der Waals surface area contributed by atoms with Gasteiger partial charge in [-0.2, -0.15) is 13.2 Å². The van der Waals surface area contributed by atoms with E-state index in [4.69, 9.17) is 0 Å². The molecule has 4 heteroatoms. The average molecular weight is 181 g/mol. The topological polar surface area (TPSA) is 12.0 Å². The molecule has 1 aliphatic carbocycles. The molecule has 1 N–H and O–H groups in total. The Morgan fingerprint density at radius 3 is 1.83 bits per heavy atom. The molecule has 0 aliphatic heterocycles. The zero-order valence-electron chi connectivity index (χ0n) is 7.33. The lowest BCUT2D eigenvalue weighted by Crippen LogP contribution is -2.63. The molecule has 0 atom stereocenters. The highest BCUT2D eigenvalue weighted by atomic mass is 19.4. The van der Waals surface area contributed by atoms with Crippen molar-refractivity contribution in [3.05, 3.63) is 0 Å². The molecule has 0 saturated heterocycles. The second-order valence-corrected chi connectivity index (χ2v) is 3.73. The van der Waals surface area contributed by atoms with Crippen LogP contribution in [-0.2, 0) is 0 Å². The summed E-state index contributed by atoms with van der Waals surface area (Å²) in [6.45, 7) is 3.48. The lowest BCUT2D eigenvalue weighted by Gasteiger charge is -2.45. The normalized spacial score (nSPS) is 22.5. The minimum Gasteiger partial charge on any atom is -0.301 e. The second-order valence-electron chi connectivity index (χ2n) is 3.73. The van der Waals surface area contributed by atoms with Gasteiger partial charge >= 0.3 is 6.18 Å². The van der Waals surface area contributed by atoms with Gasteiger partial charge < -0.3 is 5.32 Å². The zero-order valence-corrected chi connectivity index (χ0v) is 7.33. The molecule has 12 heavy (non-hydrogen) atoms. The molecule has 0 radical (unpaired) electrons. The van der Waals surface area contributed by atoms with Crippen LogP contribution in [0.15, 0.2) is 0 Å². The van der Waals surface area contributed by atoms with Gasteiger partial charge in [-0.1, -0.05) is 13.8 Å². The molecule has 0 aromatic rings. The van der Waals surface area contributed by atoms with E-state index in [9.17, 15) is 13.2 Å². The first-order chi connectivity index (χ1) is 5.37. The lowest BCUT2D eigenvalue weighted by molar-refractivity contribution is -0.220. The first-order valence-corrected chi connectivity index (χ1v) is 4.22. The molecule has 1 aliphatic rings. The molecule has 0 unspecified atom stereocenters. The van der Waals surface area contributed by atoms with Crippen LogP contribution in [0.25, 0.3) is 0 Å². The molecular formula is C8H14F3N. The molecule has 0 aromatic carbocycles. The molecule has 0 aromatic heterocycles. The molecule has 1 fully saturated rings. The summed E-state index contributed by atoms with van der Waals surface area (Å²) in [6, 6.07) is -0.105. The number of halogens is 3. The third-order valence-electron chi connectivity index (χ3n) is 2.31. The van der Waals surface area contributed by atoms with Crippen LogP contribution in [0, 0.1) is 0 Å². The van der Waals surface area contributed by atoms with Gasteiger partial charge in [0.1, 0.15) is 5.54 Å². The third-order valence-corrected chi connectivity index (χ3v) is 2.31. The van der Waals surface area contributed by atoms with Gasteiger partial charge in [0.05, 0.1) is 0 Å². The van der Waals surface area contributed by atoms with E-state index in [1.807, 2.05) is 0 Å². The van der Waals surface area contributed by atoms with Gasteiger partial charge in [-0.05, 0) is 19.3 Å². The number of rotatable bonds is 2. The summed E-state index contributed by atoms with van der Waals surface area (Å²) in [5, 5.41) is 2.61. The second kappa shape index (κ2) is 2.91. The highest BCUT2D eigenvalue weighted by Crippen LogP contribution is 2.45. The van der Waals surface area contributed by atoms with Gasteiger partial charge in [-0.15, -0.1) is 0 Å². The van der Waals surface area contributed by atoms with Crippen molar-refractivity contribution >= 4 is 0 Å². The van der Waals surface area contributed by atoms with Crippen LogP contribution in [0.4, 0.5) is 13.2 Å². The number of nitrogens with one attached hydrogen (secondary N) is 1. The largest absolute Gasteiger partial charge is 0.406 e. The molecule has 72 valence electrons. The zero-order chi connectivity index (χ0) is 9.41. The van der Waals surface area contributed by atoms with E-state index in [1.54, 1.807) is 13.8 Å². The molecule has 1 rings (SSSR count). The molecule has 1 nitrogen and oxygen atoms in total. The van der Waals surface area contributed by atoms with Crippen molar-refractivity contribution in [2.45, 2.75) is 50.9 Å². The predicted molar refractivity (Wildman–Crippen MR) is 40.9 cm³/mol. The smallest absolute Gasteiger partial charge is 0.301 e. The highest BCUT2D eigenvalue weighted by molar-refractivity contribution is 5.02. The fourth-order valence-corrected chi connectivity index (χ4v) is 1.59. The van der Waals surface area contributed by atoms with E-state index in [1.165, 1.54) is 0 Å². The lowest BCUT2D eigenvalue weighted by atomic mass is 9.75. The summed E-state index contributed by atoms with van der Waals surface area (Å²) in [5.74, 6) is 0. The summed E-state index contributed by atoms with van der Waals surface area (Å²) in [4.78, 5) is 0. The number of hydrogen-bond donors (Lipinski definition) is 1. The quantitative estimate of drug-likeness (QED) is 0.690. The van der Waals surface area contributed by atoms with Crippen LogP contribution in [0.3, 0.4) is 0 Å². The monoisotopic (exact) mass is 181 g/mol. The Bertz CT molecular complexity index is 158. The fourth-order valence-electron chi connectivity index (χ4n) is 1.59. The van der Waals surface area contributed by atoms with Crippen molar-refractivity contribution in [3.8, 4) is 0 Å². The Morgan fingerprint density at radius 2 is 1.75 bits per heavy atom. The first kappa shape index (κ1) is 9.84. The van der Waals surface area contributed by atoms with Gasteiger partial charge in [-0.3, -0.25) is 0 Å². The Labute approximate surface area is 70.3 Å². The summed E-state index contributed by atoms with van der Waals surface area (Å²) < 4.78 is 37.4. The minimum absolute atomic E-state index is 0.105. The van der Waals surface area contributed by atoms with Crippen molar-refractivity contribution in [2.75, 3.05) is 0 Å². The minimum atomic E-state index is -4.09. The molecule has 0 bridgehead atoms.